The highest BCUT2D eigenvalue weighted by atomic mass is 16.5. The maximum atomic E-state index is 12.4. The first-order valence-corrected chi connectivity index (χ1v) is 9.95. The molecule has 0 spiro atoms. The van der Waals surface area contributed by atoms with Crippen molar-refractivity contribution in [2.45, 2.75) is 25.0 Å². The highest BCUT2D eigenvalue weighted by molar-refractivity contribution is 5.81. The van der Waals surface area contributed by atoms with Crippen LogP contribution in [0, 0.1) is 11.3 Å². The van der Waals surface area contributed by atoms with E-state index in [2.05, 4.69) is 21.8 Å². The standard InChI is InChI=1S/C22H23N5O3/c23-12-18(26-22(29)21-13-24-7-1-9-30-21)10-15-2-4-16(5-3-15)17-11-19-20(28)6-8-25-27(19)14-17/h2-6,8,11,14,18,21,24-25H,1,7,9-10,13H2,(H,26,29)/t18-,21-/m0/s1. The van der Waals surface area contributed by atoms with Crippen molar-refractivity contribution in [3.8, 4) is 17.2 Å². The van der Waals surface area contributed by atoms with Crippen LogP contribution in [0.2, 0.25) is 0 Å². The molecule has 3 heterocycles. The molecule has 2 atom stereocenters. The van der Waals surface area contributed by atoms with Crippen LogP contribution in [-0.4, -0.2) is 47.4 Å². The third-order valence-corrected chi connectivity index (χ3v) is 5.16. The number of carbonyl (C=O) groups is 1. The molecule has 8 nitrogen and oxygen atoms in total. The lowest BCUT2D eigenvalue weighted by Crippen LogP contribution is -2.46. The van der Waals surface area contributed by atoms with Crippen molar-refractivity contribution in [3.63, 3.8) is 0 Å². The van der Waals surface area contributed by atoms with E-state index in [1.54, 1.807) is 10.7 Å². The first kappa shape index (κ1) is 19.9. The largest absolute Gasteiger partial charge is 0.367 e. The maximum Gasteiger partial charge on any atom is 0.251 e. The third kappa shape index (κ3) is 4.43. The molecule has 1 saturated heterocycles. The molecule has 1 aliphatic heterocycles. The van der Waals surface area contributed by atoms with Gasteiger partial charge in [-0.1, -0.05) is 24.3 Å². The summed E-state index contributed by atoms with van der Waals surface area (Å²) < 4.78 is 7.24. The number of hydrogen-bond donors (Lipinski definition) is 3. The fourth-order valence-electron chi connectivity index (χ4n) is 3.54. The van der Waals surface area contributed by atoms with Crippen molar-refractivity contribution in [2.75, 3.05) is 19.7 Å². The Morgan fingerprint density at radius 3 is 2.90 bits per heavy atom. The molecule has 1 fully saturated rings. The van der Waals surface area contributed by atoms with Crippen molar-refractivity contribution >= 4 is 11.4 Å². The number of fused-ring (bicyclic) bond motifs is 1. The van der Waals surface area contributed by atoms with E-state index in [0.717, 1.165) is 29.7 Å². The van der Waals surface area contributed by atoms with Gasteiger partial charge in [-0.25, -0.2) is 0 Å². The molecule has 1 aromatic carbocycles. The lowest BCUT2D eigenvalue weighted by atomic mass is 10.0. The highest BCUT2D eigenvalue weighted by Crippen LogP contribution is 2.22. The van der Waals surface area contributed by atoms with Crippen LogP contribution in [0.3, 0.4) is 0 Å². The fraction of sp³-hybridized carbons (Fsp3) is 0.318. The minimum Gasteiger partial charge on any atom is -0.367 e. The Morgan fingerprint density at radius 2 is 2.13 bits per heavy atom. The zero-order valence-corrected chi connectivity index (χ0v) is 16.4. The summed E-state index contributed by atoms with van der Waals surface area (Å²) >= 11 is 0. The van der Waals surface area contributed by atoms with Gasteiger partial charge in [-0.15, -0.1) is 0 Å². The zero-order chi connectivity index (χ0) is 20.9. The van der Waals surface area contributed by atoms with E-state index in [1.165, 1.54) is 6.07 Å². The normalized spacial score (nSPS) is 17.8. The van der Waals surface area contributed by atoms with Crippen LogP contribution < -0.4 is 16.1 Å². The summed E-state index contributed by atoms with van der Waals surface area (Å²) in [6.07, 6.45) is 4.17. The molecule has 3 N–H and O–H groups in total. The van der Waals surface area contributed by atoms with Gasteiger partial charge in [0.05, 0.1) is 6.07 Å². The summed E-state index contributed by atoms with van der Waals surface area (Å²) in [6, 6.07) is 12.6. The zero-order valence-electron chi connectivity index (χ0n) is 16.4. The number of aromatic amines is 1. The minimum atomic E-state index is -0.634. The predicted octanol–water partition coefficient (Wildman–Crippen LogP) is 1.22. The van der Waals surface area contributed by atoms with Gasteiger partial charge in [-0.2, -0.15) is 5.26 Å². The van der Waals surface area contributed by atoms with Gasteiger partial charge in [0, 0.05) is 43.6 Å². The topological polar surface area (TPSA) is 111 Å². The summed E-state index contributed by atoms with van der Waals surface area (Å²) in [5.74, 6) is -0.266. The first-order valence-electron chi connectivity index (χ1n) is 9.95. The number of nitriles is 1. The molecule has 1 aliphatic rings. The molecule has 0 radical (unpaired) electrons. The van der Waals surface area contributed by atoms with E-state index in [0.29, 0.717) is 25.1 Å². The molecular formula is C22H23N5O3. The number of hydrogen-bond acceptors (Lipinski definition) is 5. The molecule has 4 rings (SSSR count). The smallest absolute Gasteiger partial charge is 0.251 e. The second kappa shape index (κ2) is 8.95. The SMILES string of the molecule is N#C[C@H](Cc1ccc(-c2cc3c(=O)cc[nH]n3c2)cc1)NC(=O)[C@@H]1CNCCCO1. The van der Waals surface area contributed by atoms with Crippen LogP contribution in [0.5, 0.6) is 0 Å². The Kier molecular flexibility index (Phi) is 5.93. The molecule has 154 valence electrons. The minimum absolute atomic E-state index is 0.0444. The summed E-state index contributed by atoms with van der Waals surface area (Å²) in [4.78, 5) is 24.3. The second-order valence-electron chi connectivity index (χ2n) is 7.32. The highest BCUT2D eigenvalue weighted by Gasteiger charge is 2.23. The Bertz CT molecular complexity index is 1120. The number of aromatic nitrogens is 2. The molecule has 0 unspecified atom stereocenters. The van der Waals surface area contributed by atoms with E-state index >= 15 is 0 Å². The molecular weight excluding hydrogens is 382 g/mol. The van der Waals surface area contributed by atoms with Crippen LogP contribution in [0.15, 0.2) is 53.6 Å². The summed E-state index contributed by atoms with van der Waals surface area (Å²) in [5, 5.41) is 18.4. The second-order valence-corrected chi connectivity index (χ2v) is 7.32. The van der Waals surface area contributed by atoms with Crippen LogP contribution >= 0.6 is 0 Å². The van der Waals surface area contributed by atoms with Crippen LogP contribution in [0.4, 0.5) is 0 Å². The molecule has 2 aromatic heterocycles. The Balaban J connectivity index is 1.42. The summed E-state index contributed by atoms with van der Waals surface area (Å²) in [6.45, 7) is 1.81. The van der Waals surface area contributed by atoms with E-state index in [1.807, 2.05) is 36.5 Å². The molecule has 30 heavy (non-hydrogen) atoms. The van der Waals surface area contributed by atoms with Gasteiger partial charge in [-0.3, -0.25) is 14.1 Å². The fourth-order valence-corrected chi connectivity index (χ4v) is 3.54. The molecule has 8 heteroatoms. The van der Waals surface area contributed by atoms with Gasteiger partial charge in [-0.05, 0) is 30.2 Å². The summed E-state index contributed by atoms with van der Waals surface area (Å²) in [5.41, 5.74) is 3.36. The van der Waals surface area contributed by atoms with E-state index in [4.69, 9.17) is 4.74 Å². The van der Waals surface area contributed by atoms with Crippen molar-refractivity contribution in [2.24, 2.45) is 0 Å². The van der Waals surface area contributed by atoms with Gasteiger partial charge in [0.2, 0.25) is 5.43 Å². The van der Waals surface area contributed by atoms with E-state index < -0.39 is 12.1 Å². The van der Waals surface area contributed by atoms with Crippen molar-refractivity contribution in [3.05, 3.63) is 64.6 Å². The molecule has 3 aromatic rings. The lowest BCUT2D eigenvalue weighted by molar-refractivity contribution is -0.132. The van der Waals surface area contributed by atoms with Gasteiger partial charge in [0.25, 0.3) is 5.91 Å². The molecule has 1 amide bonds. The van der Waals surface area contributed by atoms with Gasteiger partial charge >= 0.3 is 0 Å². The molecule has 0 bridgehead atoms. The third-order valence-electron chi connectivity index (χ3n) is 5.16. The number of carbonyl (C=O) groups excluding carboxylic acids is 1. The number of rotatable bonds is 5. The van der Waals surface area contributed by atoms with Gasteiger partial charge in [0.1, 0.15) is 17.7 Å². The van der Waals surface area contributed by atoms with Crippen LogP contribution in [0.25, 0.3) is 16.6 Å². The van der Waals surface area contributed by atoms with Crippen LogP contribution in [-0.2, 0) is 16.0 Å². The van der Waals surface area contributed by atoms with E-state index in [-0.39, 0.29) is 11.3 Å². The van der Waals surface area contributed by atoms with Crippen molar-refractivity contribution < 1.29 is 9.53 Å². The number of nitrogens with zero attached hydrogens (tertiary/aromatic N) is 2. The summed E-state index contributed by atoms with van der Waals surface area (Å²) in [7, 11) is 0. The average molecular weight is 405 g/mol. The maximum absolute atomic E-state index is 12.4. The molecule has 0 saturated carbocycles. The first-order chi connectivity index (χ1) is 14.6. The number of nitrogens with one attached hydrogen (secondary N) is 3. The Hall–Kier alpha value is -3.41. The predicted molar refractivity (Wildman–Crippen MR) is 112 cm³/mol. The van der Waals surface area contributed by atoms with Crippen molar-refractivity contribution in [1.82, 2.24) is 20.2 Å². The van der Waals surface area contributed by atoms with Gasteiger partial charge < -0.3 is 20.5 Å². The number of amides is 1. The van der Waals surface area contributed by atoms with E-state index in [9.17, 15) is 14.9 Å². The number of benzene rings is 1. The average Bonchev–Trinajstić information content (AvgIpc) is 3.01. The monoisotopic (exact) mass is 405 g/mol. The quantitative estimate of drug-likeness (QED) is 0.591. The number of ether oxygens (including phenoxy) is 1. The van der Waals surface area contributed by atoms with Gasteiger partial charge in [0.15, 0.2) is 0 Å². The van der Waals surface area contributed by atoms with Crippen molar-refractivity contribution in [1.29, 1.82) is 5.26 Å². The Morgan fingerprint density at radius 1 is 1.30 bits per heavy atom. The lowest BCUT2D eigenvalue weighted by Gasteiger charge is -2.18. The molecule has 0 aliphatic carbocycles. The number of H-pyrrole nitrogens is 1. The Labute approximate surface area is 173 Å². The van der Waals surface area contributed by atoms with Crippen LogP contribution in [0.1, 0.15) is 12.0 Å².